The minimum Gasteiger partial charge on any atom is -0.357 e. The predicted octanol–water partition coefficient (Wildman–Crippen LogP) is 3.61. The fourth-order valence-corrected chi connectivity index (χ4v) is 2.08. The van der Waals surface area contributed by atoms with Crippen LogP contribution in [0.15, 0.2) is 29.3 Å². The summed E-state index contributed by atoms with van der Waals surface area (Å²) in [6, 6.07) is 8.68. The summed E-state index contributed by atoms with van der Waals surface area (Å²) in [5.74, 6) is 0.867. The quantitative estimate of drug-likeness (QED) is 0.410. The Morgan fingerprint density at radius 2 is 1.83 bits per heavy atom. The molecule has 132 valence electrons. The van der Waals surface area contributed by atoms with Crippen molar-refractivity contribution in [3.8, 4) is 0 Å². The largest absolute Gasteiger partial charge is 0.357 e. The molecule has 0 fully saturated rings. The minimum absolute atomic E-state index is 0. The summed E-state index contributed by atoms with van der Waals surface area (Å²) >= 11 is 0. The lowest BCUT2D eigenvalue weighted by molar-refractivity contribution is 0.345. The fourth-order valence-electron chi connectivity index (χ4n) is 2.08. The number of guanidine groups is 1. The van der Waals surface area contributed by atoms with Crippen LogP contribution in [0.25, 0.3) is 0 Å². The van der Waals surface area contributed by atoms with Gasteiger partial charge in [-0.3, -0.25) is 0 Å². The van der Waals surface area contributed by atoms with Crippen molar-refractivity contribution in [3.63, 3.8) is 0 Å². The number of rotatable bonds is 6. The van der Waals surface area contributed by atoms with Gasteiger partial charge in [0.15, 0.2) is 5.96 Å². The van der Waals surface area contributed by atoms with Gasteiger partial charge in [-0.1, -0.05) is 31.2 Å². The van der Waals surface area contributed by atoms with Crippen molar-refractivity contribution in [1.82, 2.24) is 15.5 Å². The Kier molecular flexibility index (Phi) is 10.5. The average Bonchev–Trinajstić information content (AvgIpc) is 2.44. The molecule has 0 heterocycles. The Morgan fingerprint density at radius 1 is 1.17 bits per heavy atom. The van der Waals surface area contributed by atoms with Crippen molar-refractivity contribution in [2.24, 2.45) is 4.99 Å². The Bertz CT molecular complexity index is 480. The number of halogens is 1. The van der Waals surface area contributed by atoms with Gasteiger partial charge in [0.1, 0.15) is 0 Å². The maximum Gasteiger partial charge on any atom is 0.191 e. The van der Waals surface area contributed by atoms with Gasteiger partial charge in [-0.05, 0) is 52.4 Å². The highest BCUT2D eigenvalue weighted by molar-refractivity contribution is 14.0. The number of hydrogen-bond acceptors (Lipinski definition) is 2. The molecular formula is C18H33IN4. The van der Waals surface area contributed by atoms with Crippen molar-refractivity contribution in [1.29, 1.82) is 0 Å². The molecule has 23 heavy (non-hydrogen) atoms. The van der Waals surface area contributed by atoms with Crippen LogP contribution in [-0.4, -0.2) is 36.5 Å². The van der Waals surface area contributed by atoms with Gasteiger partial charge in [-0.2, -0.15) is 0 Å². The Morgan fingerprint density at radius 3 is 2.39 bits per heavy atom. The molecule has 0 bridgehead atoms. The van der Waals surface area contributed by atoms with E-state index < -0.39 is 0 Å². The van der Waals surface area contributed by atoms with E-state index in [9.17, 15) is 0 Å². The highest BCUT2D eigenvalue weighted by Crippen LogP contribution is 2.09. The van der Waals surface area contributed by atoms with E-state index in [1.807, 2.05) is 0 Å². The summed E-state index contributed by atoms with van der Waals surface area (Å²) in [5.41, 5.74) is 2.59. The van der Waals surface area contributed by atoms with E-state index >= 15 is 0 Å². The van der Waals surface area contributed by atoms with Gasteiger partial charge >= 0.3 is 0 Å². The summed E-state index contributed by atoms with van der Waals surface area (Å²) < 4.78 is 0. The van der Waals surface area contributed by atoms with Crippen molar-refractivity contribution < 1.29 is 0 Å². The standard InChI is InChI=1S/C18H32N4.HI/c1-7-19-17(21-18(3,4)5)20-13-15-10-9-11-16(12-15)14-22(6)8-2;/h9-12H,7-8,13-14H2,1-6H3,(H2,19,20,21);1H. The first kappa shape index (κ1) is 22.2. The van der Waals surface area contributed by atoms with E-state index in [0.717, 1.165) is 25.6 Å². The number of nitrogens with zero attached hydrogens (tertiary/aromatic N) is 2. The van der Waals surface area contributed by atoms with Crippen molar-refractivity contribution >= 4 is 29.9 Å². The zero-order chi connectivity index (χ0) is 16.6. The highest BCUT2D eigenvalue weighted by atomic mass is 127. The first-order valence-electron chi connectivity index (χ1n) is 8.17. The molecule has 0 aliphatic heterocycles. The third-order valence-corrected chi connectivity index (χ3v) is 3.24. The third-order valence-electron chi connectivity index (χ3n) is 3.24. The van der Waals surface area contributed by atoms with Crippen LogP contribution in [0.4, 0.5) is 0 Å². The van der Waals surface area contributed by atoms with Crippen LogP contribution in [-0.2, 0) is 13.1 Å². The Hall–Kier alpha value is -0.820. The topological polar surface area (TPSA) is 39.7 Å². The lowest BCUT2D eigenvalue weighted by Gasteiger charge is -2.23. The van der Waals surface area contributed by atoms with Gasteiger partial charge in [0.25, 0.3) is 0 Å². The summed E-state index contributed by atoms with van der Waals surface area (Å²) in [4.78, 5) is 6.99. The molecule has 1 aromatic carbocycles. The second-order valence-electron chi connectivity index (χ2n) is 6.72. The summed E-state index contributed by atoms with van der Waals surface area (Å²) in [6.45, 7) is 14.3. The molecular weight excluding hydrogens is 399 g/mol. The number of benzene rings is 1. The lowest BCUT2D eigenvalue weighted by Crippen LogP contribution is -2.47. The van der Waals surface area contributed by atoms with Gasteiger partial charge in [-0.25, -0.2) is 4.99 Å². The van der Waals surface area contributed by atoms with Crippen LogP contribution in [0.2, 0.25) is 0 Å². The molecule has 0 spiro atoms. The molecule has 0 saturated carbocycles. The maximum absolute atomic E-state index is 4.69. The normalized spacial score (nSPS) is 12.0. The van der Waals surface area contributed by atoms with E-state index in [4.69, 9.17) is 4.99 Å². The first-order chi connectivity index (χ1) is 10.3. The van der Waals surface area contributed by atoms with Gasteiger partial charge < -0.3 is 15.5 Å². The second kappa shape index (κ2) is 10.9. The van der Waals surface area contributed by atoms with E-state index in [1.165, 1.54) is 11.1 Å². The van der Waals surface area contributed by atoms with E-state index in [1.54, 1.807) is 0 Å². The van der Waals surface area contributed by atoms with Crippen molar-refractivity contribution in [3.05, 3.63) is 35.4 Å². The molecule has 0 aliphatic carbocycles. The fraction of sp³-hybridized carbons (Fsp3) is 0.611. The molecule has 0 amide bonds. The zero-order valence-corrected chi connectivity index (χ0v) is 17.8. The Balaban J connectivity index is 0.00000484. The number of hydrogen-bond donors (Lipinski definition) is 2. The van der Waals surface area contributed by atoms with E-state index in [2.05, 4.69) is 81.5 Å². The molecule has 1 aromatic rings. The van der Waals surface area contributed by atoms with Crippen molar-refractivity contribution in [2.75, 3.05) is 20.1 Å². The molecule has 4 nitrogen and oxygen atoms in total. The summed E-state index contributed by atoms with van der Waals surface area (Å²) in [7, 11) is 2.14. The smallest absolute Gasteiger partial charge is 0.191 e. The zero-order valence-electron chi connectivity index (χ0n) is 15.4. The summed E-state index contributed by atoms with van der Waals surface area (Å²) in [5, 5.41) is 6.71. The second-order valence-corrected chi connectivity index (χ2v) is 6.72. The number of aliphatic imine (C=N–C) groups is 1. The van der Waals surface area contributed by atoms with Gasteiger partial charge in [0, 0.05) is 18.6 Å². The molecule has 2 N–H and O–H groups in total. The molecule has 0 aliphatic rings. The maximum atomic E-state index is 4.69. The molecule has 0 saturated heterocycles. The predicted molar refractivity (Wildman–Crippen MR) is 112 cm³/mol. The number of nitrogens with one attached hydrogen (secondary N) is 2. The van der Waals surface area contributed by atoms with Crippen molar-refractivity contribution in [2.45, 2.75) is 53.2 Å². The van der Waals surface area contributed by atoms with Crippen LogP contribution < -0.4 is 10.6 Å². The highest BCUT2D eigenvalue weighted by Gasteiger charge is 2.11. The molecule has 0 aromatic heterocycles. The van der Waals surface area contributed by atoms with Gasteiger partial charge in [0.2, 0.25) is 0 Å². The minimum atomic E-state index is 0. The lowest BCUT2D eigenvalue weighted by atomic mass is 10.1. The van der Waals surface area contributed by atoms with Crippen LogP contribution in [0.1, 0.15) is 45.7 Å². The molecule has 0 unspecified atom stereocenters. The third kappa shape index (κ3) is 9.81. The SMILES string of the molecule is CCNC(=NCc1cccc(CN(C)CC)c1)NC(C)(C)C.I. The monoisotopic (exact) mass is 432 g/mol. The first-order valence-corrected chi connectivity index (χ1v) is 8.17. The van der Waals surface area contributed by atoms with E-state index in [0.29, 0.717) is 6.54 Å². The molecule has 0 atom stereocenters. The average molecular weight is 432 g/mol. The van der Waals surface area contributed by atoms with Gasteiger partial charge in [0.05, 0.1) is 6.54 Å². The van der Waals surface area contributed by atoms with Gasteiger partial charge in [-0.15, -0.1) is 24.0 Å². The van der Waals surface area contributed by atoms with Crippen LogP contribution in [0.5, 0.6) is 0 Å². The van der Waals surface area contributed by atoms with E-state index in [-0.39, 0.29) is 29.5 Å². The molecule has 5 heteroatoms. The molecule has 1 rings (SSSR count). The molecule has 0 radical (unpaired) electrons. The van der Waals surface area contributed by atoms with Crippen LogP contribution in [0, 0.1) is 0 Å². The Labute approximate surface area is 159 Å². The van der Waals surface area contributed by atoms with Crippen LogP contribution >= 0.6 is 24.0 Å². The summed E-state index contributed by atoms with van der Waals surface area (Å²) in [6.07, 6.45) is 0. The van der Waals surface area contributed by atoms with Crippen LogP contribution in [0.3, 0.4) is 0 Å².